The number of fused-ring (bicyclic) bond motifs is 14. The Morgan fingerprint density at radius 3 is 2.08 bits per heavy atom. The first kappa shape index (κ1) is 46.6. The van der Waals surface area contributed by atoms with Gasteiger partial charge in [-0.05, 0) is 40.7 Å². The summed E-state index contributed by atoms with van der Waals surface area (Å²) in [5.41, 5.74) is -2.61. The Labute approximate surface area is 345 Å². The second-order valence-electron chi connectivity index (χ2n) is 17.0. The zero-order valence-electron chi connectivity index (χ0n) is 36.3. The number of aliphatic hydroxyl groups excluding tert-OH is 2. The predicted octanol–water partition coefficient (Wildman–Crippen LogP) is 4.77. The largest absolute Gasteiger partial charge is 0.462 e. The molecule has 0 spiro atoms. The number of carbonyl (C=O) groups is 6. The van der Waals surface area contributed by atoms with Crippen LogP contribution in [0.4, 0.5) is 0 Å². The topological polar surface area (TPSA) is 204 Å². The number of esters is 2. The van der Waals surface area contributed by atoms with E-state index in [1.165, 1.54) is 72.2 Å². The van der Waals surface area contributed by atoms with Crippen molar-refractivity contribution in [3.8, 4) is 11.5 Å². The van der Waals surface area contributed by atoms with Gasteiger partial charge in [0.05, 0.1) is 46.7 Å². The van der Waals surface area contributed by atoms with Crippen LogP contribution in [0.15, 0.2) is 47.5 Å². The van der Waals surface area contributed by atoms with Crippen molar-refractivity contribution < 1.29 is 62.7 Å². The highest BCUT2D eigenvalue weighted by Gasteiger charge is 2.53. The number of ketones is 3. The van der Waals surface area contributed by atoms with E-state index in [2.05, 4.69) is 5.32 Å². The maximum Gasteiger partial charge on any atom is 0.316 e. The van der Waals surface area contributed by atoms with Gasteiger partial charge in [0.1, 0.15) is 29.0 Å². The van der Waals surface area contributed by atoms with Crippen molar-refractivity contribution in [2.24, 2.45) is 29.1 Å². The number of hydrogen-bond acceptors (Lipinski definition) is 14. The highest BCUT2D eigenvalue weighted by molar-refractivity contribution is 6.32. The molecule has 9 atom stereocenters. The molecule has 59 heavy (non-hydrogen) atoms. The summed E-state index contributed by atoms with van der Waals surface area (Å²) < 4.78 is 29.5. The second-order valence-corrected chi connectivity index (χ2v) is 17.0. The summed E-state index contributed by atoms with van der Waals surface area (Å²) in [5, 5.41) is 25.4. The molecule has 0 saturated heterocycles. The molecule has 0 saturated carbocycles. The third kappa shape index (κ3) is 9.07. The van der Waals surface area contributed by atoms with Crippen molar-refractivity contribution in [3.63, 3.8) is 0 Å². The van der Waals surface area contributed by atoms with Gasteiger partial charge in [-0.1, -0.05) is 45.9 Å². The van der Waals surface area contributed by atoms with E-state index < -0.39 is 106 Å². The van der Waals surface area contributed by atoms with E-state index in [1.807, 2.05) is 0 Å². The standard InChI is InChI=1S/C44H58N2O13/c1-20-16-15-17-21(2)41(53)45-31-32(46(12)13)36(51)28-29(35(31)50)38(58-42(54)43(8,9)10)25(6)39-30(28)40(52)44(11,59-39)56-19-18-27(55-14)22(3)37(57-26(7)47)24(5)34(49)23(4)33(20)48/h15-20,22-24,27,33-34,37,48-49H,1-14H3,(H,45,53)/b16-15-,19-18-,21-17-/t20-,22+,23+,24-,27-,33-,34-,37+,44-/m0/s1. The molecule has 1 aliphatic carbocycles. The minimum Gasteiger partial charge on any atom is -0.462 e. The fourth-order valence-electron chi connectivity index (χ4n) is 7.46. The van der Waals surface area contributed by atoms with Gasteiger partial charge < -0.3 is 44.1 Å². The summed E-state index contributed by atoms with van der Waals surface area (Å²) in [4.78, 5) is 84.7. The average molecular weight is 823 g/mol. The number of methoxy groups -OCH3 is 1. The summed E-state index contributed by atoms with van der Waals surface area (Å²) in [5.74, 6) is -9.79. The molecule has 3 N–H and O–H groups in total. The van der Waals surface area contributed by atoms with Gasteiger partial charge in [-0.3, -0.25) is 28.8 Å². The van der Waals surface area contributed by atoms with Crippen molar-refractivity contribution in [3.05, 3.63) is 69.8 Å². The summed E-state index contributed by atoms with van der Waals surface area (Å²) in [6.45, 7) is 17.2. The van der Waals surface area contributed by atoms with Crippen LogP contribution in [-0.4, -0.2) is 102 Å². The molecule has 0 radical (unpaired) electrons. The lowest BCUT2D eigenvalue weighted by atomic mass is 9.78. The Hall–Kier alpha value is -5.12. The van der Waals surface area contributed by atoms with Crippen LogP contribution in [0.2, 0.25) is 0 Å². The second kappa shape index (κ2) is 17.6. The zero-order valence-corrected chi connectivity index (χ0v) is 36.3. The molecule has 322 valence electrons. The molecule has 15 heteroatoms. The summed E-state index contributed by atoms with van der Waals surface area (Å²) >= 11 is 0. The predicted molar refractivity (Wildman–Crippen MR) is 215 cm³/mol. The molecule has 1 aromatic rings. The number of likely N-dealkylation sites (N-methyl/N-ethyl adjacent to an activating group) is 1. The minimum atomic E-state index is -2.12. The average Bonchev–Trinajstić information content (AvgIpc) is 3.42. The summed E-state index contributed by atoms with van der Waals surface area (Å²) in [6, 6.07) is 0. The van der Waals surface area contributed by atoms with E-state index in [9.17, 15) is 39.0 Å². The maximum atomic E-state index is 14.7. The number of nitrogens with one attached hydrogen (secondary N) is 1. The molecule has 5 bridgehead atoms. The molecule has 15 nitrogen and oxygen atoms in total. The number of benzene rings is 1. The van der Waals surface area contributed by atoms with Crippen LogP contribution in [0.3, 0.4) is 0 Å². The number of nitrogens with zero attached hydrogens (tertiary/aromatic N) is 1. The van der Waals surface area contributed by atoms with E-state index in [0.29, 0.717) is 0 Å². The number of amides is 1. The minimum absolute atomic E-state index is 0.0542. The van der Waals surface area contributed by atoms with Gasteiger partial charge in [0.2, 0.25) is 11.6 Å². The monoisotopic (exact) mass is 822 g/mol. The zero-order chi connectivity index (χ0) is 44.6. The molecule has 5 rings (SSSR count). The van der Waals surface area contributed by atoms with Crippen LogP contribution in [0, 0.1) is 36.0 Å². The molecular formula is C44H58N2O13. The van der Waals surface area contributed by atoms with Gasteiger partial charge in [0.15, 0.2) is 0 Å². The van der Waals surface area contributed by atoms with Gasteiger partial charge >= 0.3 is 17.7 Å². The van der Waals surface area contributed by atoms with Crippen LogP contribution in [0.1, 0.15) is 106 Å². The number of Topliss-reactive ketones (excluding diaryl/α,β-unsaturated/α-hetero) is 3. The Kier molecular flexibility index (Phi) is 13.9. The Morgan fingerprint density at radius 2 is 1.53 bits per heavy atom. The third-order valence-electron chi connectivity index (χ3n) is 11.2. The van der Waals surface area contributed by atoms with E-state index in [0.717, 1.165) is 0 Å². The smallest absolute Gasteiger partial charge is 0.316 e. The fraction of sp³-hybridized carbons (Fsp3) is 0.545. The summed E-state index contributed by atoms with van der Waals surface area (Å²) in [7, 11) is 4.41. The van der Waals surface area contributed by atoms with Crippen LogP contribution in [0.25, 0.3) is 0 Å². The lowest BCUT2D eigenvalue weighted by molar-refractivity contribution is -0.160. The van der Waals surface area contributed by atoms with E-state index in [4.69, 9.17) is 23.7 Å². The van der Waals surface area contributed by atoms with Crippen LogP contribution >= 0.6 is 0 Å². The van der Waals surface area contributed by atoms with Crippen molar-refractivity contribution in [2.75, 3.05) is 21.2 Å². The van der Waals surface area contributed by atoms with Crippen molar-refractivity contribution in [1.29, 1.82) is 0 Å². The quantitative estimate of drug-likeness (QED) is 0.277. The molecule has 0 aromatic heterocycles. The molecule has 1 aromatic carbocycles. The SMILES string of the molecule is CO[C@H]1/C=C\O[C@@]2(C)Oc3c(C)c(OC(=O)C(C)(C)C)c4c(c3C2=O)C(=O)C(N(C)C)=C(NC(=O)/C(C)=C\C=C/[C@H](C)[C@H](O)[C@@H](C)[C@H](O)[C@H](C)[C@H](OC(C)=O)[C@@H]1C)C4=O. The maximum absolute atomic E-state index is 14.7. The number of rotatable bonds is 4. The van der Waals surface area contributed by atoms with Crippen molar-refractivity contribution in [2.45, 2.75) is 106 Å². The first-order chi connectivity index (χ1) is 27.3. The lowest BCUT2D eigenvalue weighted by Crippen LogP contribution is -2.46. The van der Waals surface area contributed by atoms with Gasteiger partial charge in [-0.15, -0.1) is 0 Å². The molecule has 4 aliphatic rings. The number of allylic oxidation sites excluding steroid dienone is 4. The lowest BCUT2D eigenvalue weighted by Gasteiger charge is -2.38. The fourth-order valence-corrected chi connectivity index (χ4v) is 7.46. The number of carbonyl (C=O) groups excluding carboxylic acids is 6. The van der Waals surface area contributed by atoms with Gasteiger partial charge in [-0.25, -0.2) is 0 Å². The van der Waals surface area contributed by atoms with E-state index >= 15 is 0 Å². The number of hydrogen-bond donors (Lipinski definition) is 3. The molecule has 0 fully saturated rings. The molecule has 1 amide bonds. The van der Waals surface area contributed by atoms with Crippen LogP contribution < -0.4 is 14.8 Å². The van der Waals surface area contributed by atoms with Crippen LogP contribution in [0.5, 0.6) is 11.5 Å². The van der Waals surface area contributed by atoms with E-state index in [1.54, 1.807) is 60.6 Å². The van der Waals surface area contributed by atoms with Gasteiger partial charge in [0, 0.05) is 69.9 Å². The number of ether oxygens (including phenoxy) is 5. The highest BCUT2D eigenvalue weighted by Crippen LogP contribution is 2.49. The number of aliphatic hydroxyl groups is 2. The first-order valence-electron chi connectivity index (χ1n) is 19.5. The van der Waals surface area contributed by atoms with Crippen molar-refractivity contribution in [1.82, 2.24) is 10.2 Å². The Bertz CT molecular complexity index is 2040. The first-order valence-corrected chi connectivity index (χ1v) is 19.5. The van der Waals surface area contributed by atoms with E-state index in [-0.39, 0.29) is 39.5 Å². The molecule has 3 heterocycles. The molecular weight excluding hydrogens is 764 g/mol. The molecule has 3 aliphatic heterocycles. The molecule has 0 unspecified atom stereocenters. The van der Waals surface area contributed by atoms with Gasteiger partial charge in [0.25, 0.3) is 11.7 Å². The normalized spacial score (nSPS) is 31.4. The Balaban J connectivity index is 1.99. The summed E-state index contributed by atoms with van der Waals surface area (Å²) in [6.07, 6.45) is 3.32. The van der Waals surface area contributed by atoms with Gasteiger partial charge in [-0.2, -0.15) is 0 Å². The Morgan fingerprint density at radius 1 is 0.898 bits per heavy atom. The highest BCUT2D eigenvalue weighted by atomic mass is 16.7. The van der Waals surface area contributed by atoms with Crippen LogP contribution in [-0.2, 0) is 28.6 Å². The van der Waals surface area contributed by atoms with Crippen molar-refractivity contribution >= 4 is 35.2 Å². The third-order valence-corrected chi connectivity index (χ3v) is 11.2.